The lowest BCUT2D eigenvalue weighted by Gasteiger charge is -2.30. The van der Waals surface area contributed by atoms with Crippen molar-refractivity contribution < 1.29 is 9.32 Å². The molecule has 1 N–H and O–H groups in total. The van der Waals surface area contributed by atoms with Gasteiger partial charge in [0.05, 0.1) is 0 Å². The third-order valence-corrected chi connectivity index (χ3v) is 5.81. The van der Waals surface area contributed by atoms with Crippen molar-refractivity contribution in [1.29, 1.82) is 0 Å². The van der Waals surface area contributed by atoms with Crippen LogP contribution in [0.25, 0.3) is 0 Å². The zero-order valence-corrected chi connectivity index (χ0v) is 14.7. The molecule has 0 unspecified atom stereocenters. The fourth-order valence-electron chi connectivity index (χ4n) is 3.94. The number of rotatable bonds is 6. The van der Waals surface area contributed by atoms with Crippen LogP contribution in [0.4, 0.5) is 4.79 Å². The van der Waals surface area contributed by atoms with Gasteiger partial charge in [-0.05, 0) is 58.3 Å². The molecule has 0 spiro atoms. The van der Waals surface area contributed by atoms with Crippen LogP contribution in [-0.4, -0.2) is 33.2 Å². The second-order valence-corrected chi connectivity index (χ2v) is 7.86. The van der Waals surface area contributed by atoms with Gasteiger partial charge in [0.1, 0.15) is 6.04 Å². The van der Waals surface area contributed by atoms with E-state index in [-0.39, 0.29) is 12.1 Å². The second kappa shape index (κ2) is 6.37. The van der Waals surface area contributed by atoms with Crippen LogP contribution >= 0.6 is 0 Å². The number of hydrogen-bond acceptors (Lipinski definition) is 4. The van der Waals surface area contributed by atoms with Crippen molar-refractivity contribution in [2.24, 2.45) is 5.92 Å². The molecule has 0 aromatic carbocycles. The van der Waals surface area contributed by atoms with Crippen molar-refractivity contribution in [3.63, 3.8) is 0 Å². The summed E-state index contributed by atoms with van der Waals surface area (Å²) in [7, 11) is 0. The minimum absolute atomic E-state index is 0.0185. The predicted octanol–water partition coefficient (Wildman–Crippen LogP) is 3.76. The predicted molar refractivity (Wildman–Crippen MR) is 89.5 cm³/mol. The Balaban J connectivity index is 1.39. The topological polar surface area (TPSA) is 71.3 Å². The average molecular weight is 332 g/mol. The van der Waals surface area contributed by atoms with Crippen LogP contribution in [0.3, 0.4) is 0 Å². The highest BCUT2D eigenvalue weighted by Crippen LogP contribution is 2.40. The van der Waals surface area contributed by atoms with Crippen molar-refractivity contribution in [3.8, 4) is 0 Å². The first-order valence-electron chi connectivity index (χ1n) is 9.56. The van der Waals surface area contributed by atoms with Crippen molar-refractivity contribution in [1.82, 2.24) is 20.4 Å². The Hall–Kier alpha value is -1.59. The number of amides is 2. The van der Waals surface area contributed by atoms with Crippen LogP contribution < -0.4 is 5.32 Å². The quantitative estimate of drug-likeness (QED) is 0.861. The molecule has 1 aromatic rings. The van der Waals surface area contributed by atoms with E-state index in [2.05, 4.69) is 27.3 Å². The van der Waals surface area contributed by atoms with E-state index in [0.29, 0.717) is 29.8 Å². The van der Waals surface area contributed by atoms with Gasteiger partial charge in [0.15, 0.2) is 5.82 Å². The van der Waals surface area contributed by atoms with Gasteiger partial charge < -0.3 is 14.7 Å². The summed E-state index contributed by atoms with van der Waals surface area (Å²) in [5.41, 5.74) is 0. The van der Waals surface area contributed by atoms with Gasteiger partial charge in [-0.2, -0.15) is 4.98 Å². The first-order chi connectivity index (χ1) is 11.6. The Bertz CT molecular complexity index is 588. The van der Waals surface area contributed by atoms with Crippen molar-refractivity contribution in [3.05, 3.63) is 11.7 Å². The molecule has 1 aromatic heterocycles. The first kappa shape index (κ1) is 15.9. The standard InChI is InChI=1S/C18H28N4O2/c1-11(17-20-16(21-24-17)14-5-3-4-6-14)19-18(23)22(15-9-10-15)12(2)13-7-8-13/h11-15H,3-10H2,1-2H3,(H,19,23)/t11-,12-/m1/s1. The Morgan fingerprint density at radius 2 is 1.88 bits per heavy atom. The molecule has 6 nitrogen and oxygen atoms in total. The minimum Gasteiger partial charge on any atom is -0.337 e. The number of carbonyl (C=O) groups is 1. The molecule has 24 heavy (non-hydrogen) atoms. The van der Waals surface area contributed by atoms with E-state index in [9.17, 15) is 4.79 Å². The van der Waals surface area contributed by atoms with Crippen LogP contribution in [0.5, 0.6) is 0 Å². The van der Waals surface area contributed by atoms with Gasteiger partial charge in [0.2, 0.25) is 5.89 Å². The highest BCUT2D eigenvalue weighted by molar-refractivity contribution is 5.75. The largest absolute Gasteiger partial charge is 0.337 e. The Labute approximate surface area is 143 Å². The molecule has 3 aliphatic carbocycles. The van der Waals surface area contributed by atoms with Gasteiger partial charge in [0, 0.05) is 18.0 Å². The average Bonchev–Trinajstić information content (AvgIpc) is 3.46. The lowest BCUT2D eigenvalue weighted by Crippen LogP contribution is -2.47. The molecule has 0 bridgehead atoms. The monoisotopic (exact) mass is 332 g/mol. The number of carbonyl (C=O) groups excluding carboxylic acids is 1. The zero-order valence-electron chi connectivity index (χ0n) is 14.7. The molecule has 3 aliphatic rings. The summed E-state index contributed by atoms with van der Waals surface area (Å²) >= 11 is 0. The summed E-state index contributed by atoms with van der Waals surface area (Å²) in [5, 5.41) is 7.22. The smallest absolute Gasteiger partial charge is 0.318 e. The molecule has 1 heterocycles. The summed E-state index contributed by atoms with van der Waals surface area (Å²) < 4.78 is 5.42. The van der Waals surface area contributed by atoms with E-state index in [4.69, 9.17) is 4.52 Å². The highest BCUT2D eigenvalue weighted by atomic mass is 16.5. The van der Waals surface area contributed by atoms with Crippen LogP contribution in [-0.2, 0) is 0 Å². The molecule has 2 atom stereocenters. The summed E-state index contributed by atoms with van der Waals surface area (Å²) in [6.45, 7) is 4.11. The normalized spacial score (nSPS) is 23.9. The van der Waals surface area contributed by atoms with E-state index >= 15 is 0 Å². The summed E-state index contributed by atoms with van der Waals surface area (Å²) in [4.78, 5) is 19.4. The van der Waals surface area contributed by atoms with Crippen LogP contribution in [0, 0.1) is 5.92 Å². The molecule has 0 saturated heterocycles. The van der Waals surface area contributed by atoms with Crippen LogP contribution in [0.1, 0.15) is 88.9 Å². The molecule has 4 rings (SSSR count). The maximum Gasteiger partial charge on any atom is 0.318 e. The Morgan fingerprint density at radius 3 is 2.50 bits per heavy atom. The van der Waals surface area contributed by atoms with Gasteiger partial charge in [0.25, 0.3) is 0 Å². The molecule has 3 fully saturated rings. The molecular weight excluding hydrogens is 304 g/mol. The minimum atomic E-state index is -0.243. The van der Waals surface area contributed by atoms with Crippen molar-refractivity contribution in [2.45, 2.75) is 89.3 Å². The number of urea groups is 1. The van der Waals surface area contributed by atoms with E-state index in [0.717, 1.165) is 31.5 Å². The van der Waals surface area contributed by atoms with Gasteiger partial charge in [-0.3, -0.25) is 0 Å². The number of hydrogen-bond donors (Lipinski definition) is 1. The molecule has 6 heteroatoms. The molecule has 2 amide bonds. The molecule has 0 aliphatic heterocycles. The Morgan fingerprint density at radius 1 is 1.17 bits per heavy atom. The first-order valence-corrected chi connectivity index (χ1v) is 9.56. The van der Waals surface area contributed by atoms with E-state index in [1.807, 2.05) is 6.92 Å². The van der Waals surface area contributed by atoms with Gasteiger partial charge >= 0.3 is 6.03 Å². The zero-order chi connectivity index (χ0) is 16.7. The number of nitrogens with one attached hydrogen (secondary N) is 1. The van der Waals surface area contributed by atoms with Gasteiger partial charge in [-0.1, -0.05) is 18.0 Å². The summed E-state index contributed by atoms with van der Waals surface area (Å²) in [6, 6.07) is 0.531. The number of aromatic nitrogens is 2. The molecular formula is C18H28N4O2. The molecule has 0 radical (unpaired) electrons. The third-order valence-electron chi connectivity index (χ3n) is 5.81. The second-order valence-electron chi connectivity index (χ2n) is 7.86. The third kappa shape index (κ3) is 3.28. The number of nitrogens with zero attached hydrogens (tertiary/aromatic N) is 3. The lowest BCUT2D eigenvalue weighted by molar-refractivity contribution is 0.162. The SMILES string of the molecule is C[C@H](C1CC1)N(C(=O)N[C@H](C)c1nc(C2CCCC2)no1)C1CC1. The fraction of sp³-hybridized carbons (Fsp3) is 0.833. The van der Waals surface area contributed by atoms with Gasteiger partial charge in [-0.25, -0.2) is 4.79 Å². The lowest BCUT2D eigenvalue weighted by atomic mass is 10.1. The van der Waals surface area contributed by atoms with Crippen LogP contribution in [0.15, 0.2) is 4.52 Å². The molecule has 3 saturated carbocycles. The van der Waals surface area contributed by atoms with Crippen molar-refractivity contribution >= 4 is 6.03 Å². The fourth-order valence-corrected chi connectivity index (χ4v) is 3.94. The molecule has 132 valence electrons. The van der Waals surface area contributed by atoms with E-state index in [1.165, 1.54) is 25.7 Å². The van der Waals surface area contributed by atoms with E-state index < -0.39 is 0 Å². The highest BCUT2D eigenvalue weighted by Gasteiger charge is 2.42. The van der Waals surface area contributed by atoms with Crippen LogP contribution in [0.2, 0.25) is 0 Å². The van der Waals surface area contributed by atoms with Crippen molar-refractivity contribution in [2.75, 3.05) is 0 Å². The summed E-state index contributed by atoms with van der Waals surface area (Å²) in [6.07, 6.45) is 9.55. The Kier molecular flexibility index (Phi) is 4.22. The summed E-state index contributed by atoms with van der Waals surface area (Å²) in [5.74, 6) is 2.46. The maximum atomic E-state index is 12.8. The van der Waals surface area contributed by atoms with Gasteiger partial charge in [-0.15, -0.1) is 0 Å². The maximum absolute atomic E-state index is 12.8. The van der Waals surface area contributed by atoms with E-state index in [1.54, 1.807) is 0 Å².